The van der Waals surface area contributed by atoms with Crippen molar-refractivity contribution in [2.45, 2.75) is 40.0 Å². The van der Waals surface area contributed by atoms with Gasteiger partial charge in [0, 0.05) is 37.5 Å². The van der Waals surface area contributed by atoms with Crippen molar-refractivity contribution >= 4 is 21.9 Å². The summed E-state index contributed by atoms with van der Waals surface area (Å²) in [5.74, 6) is 0. The van der Waals surface area contributed by atoms with E-state index in [9.17, 15) is 13.2 Å². The smallest absolute Gasteiger partial charge is 0.393 e. The molecule has 0 aliphatic heterocycles. The van der Waals surface area contributed by atoms with Gasteiger partial charge in [0.1, 0.15) is 18.2 Å². The van der Waals surface area contributed by atoms with Crippen LogP contribution in [-0.4, -0.2) is 6.18 Å². The molecule has 0 radical (unpaired) electrons. The third kappa shape index (κ3) is 4.90. The largest absolute Gasteiger partial charge is 0.455 e. The lowest BCUT2D eigenvalue weighted by Gasteiger charge is -2.16. The highest BCUT2D eigenvalue weighted by Gasteiger charge is 2.29. The molecule has 0 amide bonds. The predicted molar refractivity (Wildman–Crippen MR) is 160 cm³/mol. The number of alkyl halides is 3. The van der Waals surface area contributed by atoms with Gasteiger partial charge < -0.3 is 4.42 Å². The SMILES string of the molecule is [2H]C([2H])([2H])c1c[n+](C)c(-c2c(C)ccc3c2oc2cc(-c4ccccc4)ccc23)cc1-c1c(C([2H])([2H])[2H])cc(C([2H])([2H])C(F)(F)F)cc1C([2H])([2H])[2H]. The van der Waals surface area contributed by atoms with E-state index in [1.807, 2.05) is 60.7 Å². The molecule has 0 bridgehead atoms. The lowest BCUT2D eigenvalue weighted by molar-refractivity contribution is -0.660. The van der Waals surface area contributed by atoms with Crippen LogP contribution in [0.3, 0.4) is 0 Å². The van der Waals surface area contributed by atoms with Gasteiger partial charge in [0.05, 0.1) is 11.9 Å². The van der Waals surface area contributed by atoms with Crippen molar-refractivity contribution in [2.24, 2.45) is 7.05 Å². The van der Waals surface area contributed by atoms with Crippen LogP contribution < -0.4 is 4.57 Å². The minimum absolute atomic E-state index is 0.288. The number of halogens is 3. The van der Waals surface area contributed by atoms with Gasteiger partial charge in [0.15, 0.2) is 6.20 Å². The third-order valence-corrected chi connectivity index (χ3v) is 7.18. The van der Waals surface area contributed by atoms with Gasteiger partial charge in [0.2, 0.25) is 5.69 Å². The van der Waals surface area contributed by atoms with Crippen LogP contribution in [0.15, 0.2) is 89.5 Å². The first-order valence-corrected chi connectivity index (χ1v) is 12.7. The van der Waals surface area contributed by atoms with E-state index in [1.54, 1.807) is 14.0 Å². The fraction of sp³-hybridized carbons (Fsp3) is 0.194. The van der Waals surface area contributed by atoms with E-state index >= 15 is 0 Å². The van der Waals surface area contributed by atoms with Crippen LogP contribution in [0.2, 0.25) is 0 Å². The predicted octanol–water partition coefficient (Wildman–Crippen LogP) is 9.75. The highest BCUT2D eigenvalue weighted by molar-refractivity contribution is 6.10. The van der Waals surface area contributed by atoms with Gasteiger partial charge in [-0.3, -0.25) is 0 Å². The molecule has 6 rings (SSSR count). The lowest BCUT2D eigenvalue weighted by Crippen LogP contribution is -2.31. The van der Waals surface area contributed by atoms with Gasteiger partial charge in [0.25, 0.3) is 0 Å². The van der Waals surface area contributed by atoms with Gasteiger partial charge in [-0.1, -0.05) is 60.7 Å². The van der Waals surface area contributed by atoms with Gasteiger partial charge >= 0.3 is 6.18 Å². The average molecular weight is 562 g/mol. The van der Waals surface area contributed by atoms with Gasteiger partial charge in [-0.05, 0) is 84.1 Å². The van der Waals surface area contributed by atoms with Crippen LogP contribution in [0, 0.1) is 27.5 Å². The number of aromatic nitrogens is 1. The molecule has 4 aromatic carbocycles. The zero-order valence-corrected chi connectivity index (χ0v) is 22.1. The maximum Gasteiger partial charge on any atom is 0.393 e. The minimum atomic E-state index is -5.53. The molecule has 0 N–H and O–H groups in total. The van der Waals surface area contributed by atoms with E-state index in [0.29, 0.717) is 39.8 Å². The molecule has 2 heterocycles. The molecule has 0 aliphatic rings. The Kier molecular flexibility index (Phi) is 4.06. The molecule has 2 aromatic heterocycles. The first kappa shape index (κ1) is 16.8. The third-order valence-electron chi connectivity index (χ3n) is 7.18. The average Bonchev–Trinajstić information content (AvgIpc) is 3.40. The summed E-state index contributed by atoms with van der Waals surface area (Å²) >= 11 is 0. The van der Waals surface area contributed by atoms with Crippen LogP contribution >= 0.6 is 0 Å². The zero-order valence-electron chi connectivity index (χ0n) is 33.1. The Morgan fingerprint density at radius 3 is 2.17 bits per heavy atom. The monoisotopic (exact) mass is 561 g/mol. The Balaban J connectivity index is 1.72. The fourth-order valence-corrected chi connectivity index (χ4v) is 5.34. The quantitative estimate of drug-likeness (QED) is 0.196. The number of nitrogens with zero attached hydrogens (tertiary/aromatic N) is 1. The normalized spacial score (nSPS) is 17.2. The highest BCUT2D eigenvalue weighted by Crippen LogP contribution is 2.40. The van der Waals surface area contributed by atoms with E-state index < -0.39 is 60.9 Å². The molecular formula is C36H31F3NO+. The molecule has 0 saturated heterocycles. The van der Waals surface area contributed by atoms with Crippen molar-refractivity contribution in [2.75, 3.05) is 0 Å². The Labute approximate surface area is 253 Å². The first-order chi connectivity index (χ1) is 23.9. The summed E-state index contributed by atoms with van der Waals surface area (Å²) in [5.41, 5.74) is -0.363. The first-order valence-electron chi connectivity index (χ1n) is 18.2. The number of rotatable bonds is 4. The van der Waals surface area contributed by atoms with Crippen LogP contribution in [0.1, 0.15) is 42.9 Å². The van der Waals surface area contributed by atoms with Crippen molar-refractivity contribution in [3.05, 3.63) is 113 Å². The number of aryl methyl sites for hydroxylation is 5. The van der Waals surface area contributed by atoms with Crippen molar-refractivity contribution in [3.8, 4) is 33.5 Å². The standard InChI is InChI=1S/C36H31F3NO/c1-21-11-13-29-28-14-12-27(26-9-7-6-8-10-26)17-32(28)41-35(29)34(21)31-18-30(24(4)20-40(31)5)33-22(2)15-25(16-23(33)3)19-36(37,38)39/h6-18,20H,19H2,1-5H3/q+1/i2D3,3D3,4D3,19D2. The van der Waals surface area contributed by atoms with Crippen LogP contribution in [0.4, 0.5) is 13.2 Å². The molecule has 206 valence electrons. The molecule has 0 unspecified atom stereocenters. The maximum absolute atomic E-state index is 13.9. The zero-order chi connectivity index (χ0) is 38.3. The number of furan rings is 1. The number of benzene rings is 4. The summed E-state index contributed by atoms with van der Waals surface area (Å²) in [7, 11) is 1.55. The molecule has 6 aromatic rings. The summed E-state index contributed by atoms with van der Waals surface area (Å²) < 4.78 is 140. The van der Waals surface area contributed by atoms with Gasteiger partial charge in [-0.2, -0.15) is 13.2 Å². The van der Waals surface area contributed by atoms with E-state index in [4.69, 9.17) is 19.5 Å². The molecule has 5 heteroatoms. The summed E-state index contributed by atoms with van der Waals surface area (Å²) in [6.07, 6.45) is -8.46. The number of hydrogen-bond donors (Lipinski definition) is 0. The second-order valence-corrected chi connectivity index (χ2v) is 9.98. The number of hydrogen-bond acceptors (Lipinski definition) is 1. The Morgan fingerprint density at radius 2 is 1.49 bits per heavy atom. The Morgan fingerprint density at radius 1 is 0.780 bits per heavy atom. The van der Waals surface area contributed by atoms with Crippen molar-refractivity contribution < 1.29 is 37.2 Å². The fourth-order valence-electron chi connectivity index (χ4n) is 5.34. The van der Waals surface area contributed by atoms with Crippen molar-refractivity contribution in [3.63, 3.8) is 0 Å². The Bertz CT molecular complexity index is 2320. The van der Waals surface area contributed by atoms with E-state index in [1.165, 1.54) is 16.8 Å². The van der Waals surface area contributed by atoms with E-state index in [-0.39, 0.29) is 11.3 Å². The molecule has 2 nitrogen and oxygen atoms in total. The topological polar surface area (TPSA) is 17.0 Å². The van der Waals surface area contributed by atoms with E-state index in [0.717, 1.165) is 16.5 Å². The molecule has 0 saturated carbocycles. The number of pyridine rings is 1. The second kappa shape index (κ2) is 9.91. The lowest BCUT2D eigenvalue weighted by atomic mass is 9.89. The number of fused-ring (bicyclic) bond motifs is 3. The molecular weight excluding hydrogens is 519 g/mol. The molecule has 0 aliphatic carbocycles. The summed E-state index contributed by atoms with van der Waals surface area (Å²) in [4.78, 5) is 0. The van der Waals surface area contributed by atoms with Gasteiger partial charge in [-0.15, -0.1) is 0 Å². The second-order valence-electron chi connectivity index (χ2n) is 9.98. The molecule has 41 heavy (non-hydrogen) atoms. The van der Waals surface area contributed by atoms with Crippen molar-refractivity contribution in [1.82, 2.24) is 0 Å². The maximum atomic E-state index is 13.9. The van der Waals surface area contributed by atoms with Crippen molar-refractivity contribution in [1.29, 1.82) is 0 Å². The van der Waals surface area contributed by atoms with Crippen LogP contribution in [0.25, 0.3) is 55.4 Å². The summed E-state index contributed by atoms with van der Waals surface area (Å²) in [6.45, 7) is -7.79. The van der Waals surface area contributed by atoms with Gasteiger partial charge in [-0.25, -0.2) is 4.57 Å². The summed E-state index contributed by atoms with van der Waals surface area (Å²) in [5, 5.41) is 1.49. The molecule has 0 spiro atoms. The summed E-state index contributed by atoms with van der Waals surface area (Å²) in [6, 6.07) is 21.3. The van der Waals surface area contributed by atoms with Crippen LogP contribution in [0.5, 0.6) is 0 Å². The molecule has 0 fully saturated rings. The van der Waals surface area contributed by atoms with E-state index in [2.05, 4.69) is 0 Å². The molecule has 0 atom stereocenters. The minimum Gasteiger partial charge on any atom is -0.455 e. The Hall–Kier alpha value is -4.38. The van der Waals surface area contributed by atoms with Crippen LogP contribution in [-0.2, 0) is 13.4 Å². The highest BCUT2D eigenvalue weighted by atomic mass is 19.4.